The molecule has 0 aromatic rings. The zero-order valence-electron chi connectivity index (χ0n) is 9.76. The second kappa shape index (κ2) is 5.34. The number of allylic oxidation sites excluding steroid dienone is 3. The highest BCUT2D eigenvalue weighted by atomic mass is 35.5. The molecule has 102 valence electrons. The van der Waals surface area contributed by atoms with Gasteiger partial charge in [-0.25, -0.2) is 0 Å². The van der Waals surface area contributed by atoms with Crippen molar-refractivity contribution in [3.8, 4) is 0 Å². The van der Waals surface area contributed by atoms with Gasteiger partial charge in [0.15, 0.2) is 0 Å². The molecular weight excluding hydrogens is 269 g/mol. The lowest BCUT2D eigenvalue weighted by Crippen LogP contribution is -2.44. The zero-order valence-corrected chi connectivity index (χ0v) is 10.5. The average molecular weight is 282 g/mol. The molecule has 0 saturated carbocycles. The predicted octanol–water partition coefficient (Wildman–Crippen LogP) is 2.58. The monoisotopic (exact) mass is 281 g/mol. The van der Waals surface area contributed by atoms with Crippen molar-refractivity contribution in [3.05, 3.63) is 23.8 Å². The molecule has 0 N–H and O–H groups in total. The number of alkyl halides is 4. The van der Waals surface area contributed by atoms with Crippen molar-refractivity contribution in [2.45, 2.75) is 37.2 Å². The summed E-state index contributed by atoms with van der Waals surface area (Å²) in [6.45, 7) is 1.85. The first kappa shape index (κ1) is 15.1. The molecule has 6 heteroatoms. The summed E-state index contributed by atoms with van der Waals surface area (Å²) >= 11 is 6.07. The van der Waals surface area contributed by atoms with Gasteiger partial charge in [-0.3, -0.25) is 0 Å². The molecule has 0 aliphatic heterocycles. The van der Waals surface area contributed by atoms with Crippen molar-refractivity contribution in [2.75, 3.05) is 0 Å². The Balaban J connectivity index is 3.08. The summed E-state index contributed by atoms with van der Waals surface area (Å²) < 4.78 is 37.8. The lowest BCUT2D eigenvalue weighted by Gasteiger charge is -2.35. The highest BCUT2D eigenvalue weighted by Gasteiger charge is 2.42. The van der Waals surface area contributed by atoms with Crippen LogP contribution in [0.5, 0.6) is 0 Å². The molecule has 0 saturated heterocycles. The van der Waals surface area contributed by atoms with Gasteiger partial charge in [-0.1, -0.05) is 38.0 Å². The molecule has 0 aromatic heterocycles. The maximum absolute atomic E-state index is 12.6. The molecule has 0 fully saturated rings. The van der Waals surface area contributed by atoms with Crippen LogP contribution in [0, 0.1) is 5.92 Å². The SMILES string of the molecule is CCCCC1(Cl)C=C(C(F)(F)F)C=CC1C(=O)[O-]. The third-order valence-electron chi connectivity index (χ3n) is 2.88. The molecule has 0 bridgehead atoms. The molecular formula is C12H13ClF3O2-. The van der Waals surface area contributed by atoms with Crippen molar-refractivity contribution in [1.82, 2.24) is 0 Å². The molecule has 2 unspecified atom stereocenters. The summed E-state index contributed by atoms with van der Waals surface area (Å²) in [6, 6.07) is 0. The Morgan fingerprint density at radius 1 is 1.56 bits per heavy atom. The smallest absolute Gasteiger partial charge is 0.416 e. The number of rotatable bonds is 4. The van der Waals surface area contributed by atoms with Crippen LogP contribution in [0.25, 0.3) is 0 Å². The van der Waals surface area contributed by atoms with E-state index in [9.17, 15) is 23.1 Å². The van der Waals surface area contributed by atoms with Gasteiger partial charge in [-0.2, -0.15) is 13.2 Å². The van der Waals surface area contributed by atoms with Gasteiger partial charge in [-0.05, 0) is 6.42 Å². The summed E-state index contributed by atoms with van der Waals surface area (Å²) in [5, 5.41) is 10.9. The number of aliphatic carboxylic acids is 1. The van der Waals surface area contributed by atoms with Gasteiger partial charge in [0.25, 0.3) is 0 Å². The summed E-state index contributed by atoms with van der Waals surface area (Å²) in [7, 11) is 0. The van der Waals surface area contributed by atoms with E-state index >= 15 is 0 Å². The number of carbonyl (C=O) groups excluding carboxylic acids is 1. The topological polar surface area (TPSA) is 40.1 Å². The van der Waals surface area contributed by atoms with Crippen molar-refractivity contribution >= 4 is 17.6 Å². The maximum Gasteiger partial charge on any atom is 0.416 e. The lowest BCUT2D eigenvalue weighted by atomic mass is 9.81. The first-order chi connectivity index (χ1) is 8.20. The first-order valence-electron chi connectivity index (χ1n) is 5.58. The van der Waals surface area contributed by atoms with Crippen molar-refractivity contribution in [1.29, 1.82) is 0 Å². The van der Waals surface area contributed by atoms with Crippen LogP contribution in [0.1, 0.15) is 26.2 Å². The Morgan fingerprint density at radius 3 is 2.61 bits per heavy atom. The number of hydrogen-bond acceptors (Lipinski definition) is 2. The van der Waals surface area contributed by atoms with Gasteiger partial charge in [-0.15, -0.1) is 11.6 Å². The highest BCUT2D eigenvalue weighted by molar-refractivity contribution is 6.27. The summed E-state index contributed by atoms with van der Waals surface area (Å²) in [6.07, 6.45) is -0.609. The Hall–Kier alpha value is -0.970. The van der Waals surface area contributed by atoms with Crippen molar-refractivity contribution < 1.29 is 23.1 Å². The van der Waals surface area contributed by atoms with Crippen LogP contribution in [-0.2, 0) is 4.79 Å². The largest absolute Gasteiger partial charge is 0.549 e. The number of halogens is 4. The standard InChI is InChI=1S/C12H14ClF3O2/c1-2-3-6-11(13)7-8(12(14,15)16)4-5-9(11)10(17)18/h4-5,7,9H,2-3,6H2,1H3,(H,17,18)/p-1. The van der Waals surface area contributed by atoms with Crippen LogP contribution in [0.2, 0.25) is 0 Å². The molecule has 18 heavy (non-hydrogen) atoms. The van der Waals surface area contributed by atoms with Gasteiger partial charge in [0, 0.05) is 5.92 Å². The molecule has 1 aliphatic rings. The van der Waals surface area contributed by atoms with E-state index < -0.39 is 28.5 Å². The molecule has 1 rings (SSSR count). The lowest BCUT2D eigenvalue weighted by molar-refractivity contribution is -0.310. The van der Waals surface area contributed by atoms with Gasteiger partial charge >= 0.3 is 6.18 Å². The fourth-order valence-corrected chi connectivity index (χ4v) is 2.30. The van der Waals surface area contributed by atoms with E-state index in [1.54, 1.807) is 0 Å². The fraction of sp³-hybridized carbons (Fsp3) is 0.583. The quantitative estimate of drug-likeness (QED) is 0.743. The van der Waals surface area contributed by atoms with Gasteiger partial charge in [0.1, 0.15) is 0 Å². The van der Waals surface area contributed by atoms with E-state index in [4.69, 9.17) is 11.6 Å². The molecule has 2 nitrogen and oxygen atoms in total. The highest BCUT2D eigenvalue weighted by Crippen LogP contribution is 2.41. The number of carboxylic acid groups (broad SMARTS) is 1. The van der Waals surface area contributed by atoms with Gasteiger partial charge < -0.3 is 9.90 Å². The first-order valence-corrected chi connectivity index (χ1v) is 5.96. The minimum absolute atomic E-state index is 0.160. The van der Waals surface area contributed by atoms with Crippen LogP contribution in [0.15, 0.2) is 23.8 Å². The number of carbonyl (C=O) groups is 1. The number of unbranched alkanes of at least 4 members (excludes halogenated alkanes) is 1. The Labute approximate surface area is 108 Å². The second-order valence-electron chi connectivity index (χ2n) is 4.28. The van der Waals surface area contributed by atoms with Crippen LogP contribution in [0.4, 0.5) is 13.2 Å². The van der Waals surface area contributed by atoms with E-state index in [2.05, 4.69) is 0 Å². The van der Waals surface area contributed by atoms with Gasteiger partial charge in [0.2, 0.25) is 0 Å². The van der Waals surface area contributed by atoms with E-state index in [-0.39, 0.29) is 6.42 Å². The minimum Gasteiger partial charge on any atom is -0.549 e. The summed E-state index contributed by atoms with van der Waals surface area (Å²) in [4.78, 5) is 9.37. The average Bonchev–Trinajstić information content (AvgIpc) is 2.24. The Morgan fingerprint density at radius 2 is 2.17 bits per heavy atom. The Bertz CT molecular complexity index is 387. The summed E-state index contributed by atoms with van der Waals surface area (Å²) in [5.74, 6) is -2.70. The van der Waals surface area contributed by atoms with E-state index in [0.717, 1.165) is 18.2 Å². The zero-order chi connectivity index (χ0) is 14.0. The van der Waals surface area contributed by atoms with Gasteiger partial charge in [0.05, 0.1) is 16.4 Å². The van der Waals surface area contributed by atoms with E-state index in [1.165, 1.54) is 0 Å². The molecule has 0 radical (unpaired) electrons. The normalized spacial score (nSPS) is 28.1. The fourth-order valence-electron chi connectivity index (χ4n) is 1.88. The summed E-state index contributed by atoms with van der Waals surface area (Å²) in [5.41, 5.74) is -0.911. The number of hydrogen-bond donors (Lipinski definition) is 0. The minimum atomic E-state index is -4.53. The predicted molar refractivity (Wildman–Crippen MR) is 59.9 cm³/mol. The van der Waals surface area contributed by atoms with E-state index in [1.807, 2.05) is 6.92 Å². The second-order valence-corrected chi connectivity index (χ2v) is 4.99. The molecule has 0 aromatic carbocycles. The Kier molecular flexibility index (Phi) is 4.48. The molecule has 0 heterocycles. The molecule has 0 spiro atoms. The van der Waals surface area contributed by atoms with Crippen LogP contribution in [-0.4, -0.2) is 17.0 Å². The third kappa shape index (κ3) is 3.28. The maximum atomic E-state index is 12.6. The van der Waals surface area contributed by atoms with E-state index in [0.29, 0.717) is 12.8 Å². The van der Waals surface area contributed by atoms with Crippen molar-refractivity contribution in [3.63, 3.8) is 0 Å². The molecule has 2 atom stereocenters. The molecule has 0 amide bonds. The molecule has 1 aliphatic carbocycles. The van der Waals surface area contributed by atoms with Crippen molar-refractivity contribution in [2.24, 2.45) is 5.92 Å². The number of carboxylic acids is 1. The van der Waals surface area contributed by atoms with Crippen LogP contribution < -0.4 is 5.11 Å². The van der Waals surface area contributed by atoms with Crippen LogP contribution >= 0.6 is 11.6 Å². The van der Waals surface area contributed by atoms with Crippen LogP contribution in [0.3, 0.4) is 0 Å². The third-order valence-corrected chi connectivity index (χ3v) is 3.41.